The third-order valence-electron chi connectivity index (χ3n) is 4.57. The first-order chi connectivity index (χ1) is 12.8. The summed E-state index contributed by atoms with van der Waals surface area (Å²) in [7, 11) is -3.11. The van der Waals surface area contributed by atoms with Crippen LogP contribution in [0.4, 0.5) is 10.1 Å². The molecule has 4 rings (SSSR count). The fraction of sp³-hybridized carbons (Fsp3) is 0.278. The summed E-state index contributed by atoms with van der Waals surface area (Å²) in [5, 5.41) is 1.66. The van der Waals surface area contributed by atoms with Gasteiger partial charge in [-0.25, -0.2) is 12.8 Å². The number of aliphatic imine (C=N–C) groups is 1. The van der Waals surface area contributed by atoms with Crippen molar-refractivity contribution in [3.63, 3.8) is 0 Å². The van der Waals surface area contributed by atoms with E-state index in [1.807, 2.05) is 17.0 Å². The topological polar surface area (TPSA) is 49.7 Å². The van der Waals surface area contributed by atoms with Crippen molar-refractivity contribution in [1.29, 1.82) is 0 Å². The number of fused-ring (bicyclic) bond motifs is 1. The quantitative estimate of drug-likeness (QED) is 0.703. The molecule has 0 amide bonds. The van der Waals surface area contributed by atoms with Crippen molar-refractivity contribution >= 4 is 55.7 Å². The van der Waals surface area contributed by atoms with E-state index in [-0.39, 0.29) is 29.4 Å². The van der Waals surface area contributed by atoms with Gasteiger partial charge in [-0.1, -0.05) is 47.1 Å². The van der Waals surface area contributed by atoms with E-state index >= 15 is 0 Å². The van der Waals surface area contributed by atoms with Gasteiger partial charge < -0.3 is 4.90 Å². The molecule has 0 N–H and O–H groups in total. The first-order valence-corrected chi connectivity index (χ1v) is 11.8. The molecule has 0 aromatic heterocycles. The zero-order chi connectivity index (χ0) is 19.2. The Morgan fingerprint density at radius 3 is 2.74 bits per heavy atom. The second-order valence-corrected chi connectivity index (χ2v) is 10.4. The molecule has 0 spiro atoms. The first kappa shape index (κ1) is 19.1. The molecular formula is C18H15Cl2FN2O2S2. The fourth-order valence-electron chi connectivity index (χ4n) is 3.34. The van der Waals surface area contributed by atoms with Crippen molar-refractivity contribution in [2.45, 2.75) is 17.8 Å². The second-order valence-electron chi connectivity index (χ2n) is 6.50. The van der Waals surface area contributed by atoms with Crippen LogP contribution in [0.3, 0.4) is 0 Å². The largest absolute Gasteiger partial charge is 0.315 e. The van der Waals surface area contributed by atoms with Crippen LogP contribution in [-0.2, 0) is 15.6 Å². The maximum absolute atomic E-state index is 13.2. The molecular weight excluding hydrogens is 430 g/mol. The van der Waals surface area contributed by atoms with Crippen LogP contribution in [-0.4, -0.2) is 37.2 Å². The van der Waals surface area contributed by atoms with Crippen molar-refractivity contribution in [2.75, 3.05) is 16.4 Å². The highest BCUT2D eigenvalue weighted by molar-refractivity contribution is 8.13. The molecule has 2 aliphatic rings. The molecule has 27 heavy (non-hydrogen) atoms. The van der Waals surface area contributed by atoms with Gasteiger partial charge in [-0.3, -0.25) is 4.99 Å². The molecule has 2 aromatic rings. The first-order valence-electron chi connectivity index (χ1n) is 8.22. The SMILES string of the molecule is O=S1(=O)C[C@H]2N=C(SCc3ccc(F)cc3Cl)N(c3cccc(Cl)c3)[C@H]2C1. The maximum atomic E-state index is 13.2. The molecule has 142 valence electrons. The van der Waals surface area contributed by atoms with Crippen molar-refractivity contribution in [3.05, 3.63) is 63.9 Å². The van der Waals surface area contributed by atoms with Crippen molar-refractivity contribution in [1.82, 2.24) is 0 Å². The van der Waals surface area contributed by atoms with Crippen LogP contribution in [0.5, 0.6) is 0 Å². The molecule has 1 fully saturated rings. The van der Waals surface area contributed by atoms with E-state index in [1.165, 1.54) is 23.9 Å². The summed E-state index contributed by atoms with van der Waals surface area (Å²) in [6.45, 7) is 0. The number of anilines is 1. The fourth-order valence-corrected chi connectivity index (χ4v) is 6.81. The van der Waals surface area contributed by atoms with E-state index < -0.39 is 9.84 Å². The monoisotopic (exact) mass is 444 g/mol. The van der Waals surface area contributed by atoms with Gasteiger partial charge in [0.15, 0.2) is 15.0 Å². The number of nitrogens with zero attached hydrogens (tertiary/aromatic N) is 2. The molecule has 0 radical (unpaired) electrons. The van der Waals surface area contributed by atoms with Crippen LogP contribution in [0.1, 0.15) is 5.56 Å². The van der Waals surface area contributed by atoms with Gasteiger partial charge in [-0.15, -0.1) is 0 Å². The summed E-state index contributed by atoms with van der Waals surface area (Å²) < 4.78 is 37.4. The standard InChI is InChI=1S/C18H15Cl2FN2O2S2/c19-12-2-1-3-14(6-12)23-17-10-27(24,25)9-16(17)22-18(23)26-8-11-4-5-13(21)7-15(11)20/h1-7,16-17H,8-10H2/t16-,17+/m1/s1. The summed E-state index contributed by atoms with van der Waals surface area (Å²) in [5.41, 5.74) is 1.60. The molecule has 0 aliphatic carbocycles. The second kappa shape index (κ2) is 7.28. The molecule has 0 unspecified atom stereocenters. The van der Waals surface area contributed by atoms with Gasteiger partial charge in [-0.2, -0.15) is 0 Å². The van der Waals surface area contributed by atoms with Gasteiger partial charge in [0, 0.05) is 21.5 Å². The molecule has 4 nitrogen and oxygen atoms in total. The van der Waals surface area contributed by atoms with Crippen LogP contribution in [0, 0.1) is 5.82 Å². The van der Waals surface area contributed by atoms with Gasteiger partial charge in [-0.05, 0) is 35.9 Å². The molecule has 2 aliphatic heterocycles. The van der Waals surface area contributed by atoms with Crippen molar-refractivity contribution in [2.24, 2.45) is 4.99 Å². The number of hydrogen-bond acceptors (Lipinski definition) is 5. The Balaban J connectivity index is 1.63. The minimum absolute atomic E-state index is 0.0517. The van der Waals surface area contributed by atoms with E-state index in [2.05, 4.69) is 4.99 Å². The lowest BCUT2D eigenvalue weighted by atomic mass is 10.1. The Hall–Kier alpha value is -1.28. The van der Waals surface area contributed by atoms with Gasteiger partial charge in [0.25, 0.3) is 0 Å². The van der Waals surface area contributed by atoms with Crippen LogP contribution >= 0.6 is 35.0 Å². The average Bonchev–Trinajstić information content (AvgIpc) is 3.05. The summed E-state index contributed by atoms with van der Waals surface area (Å²) >= 11 is 13.7. The number of benzene rings is 2. The van der Waals surface area contributed by atoms with Crippen LogP contribution in [0.2, 0.25) is 10.0 Å². The number of halogens is 3. The predicted molar refractivity (Wildman–Crippen MR) is 110 cm³/mol. The predicted octanol–water partition coefficient (Wildman–Crippen LogP) is 4.41. The summed E-state index contributed by atoms with van der Waals surface area (Å²) in [6, 6.07) is 11.1. The summed E-state index contributed by atoms with van der Waals surface area (Å²) in [6.07, 6.45) is 0. The molecule has 1 saturated heterocycles. The maximum Gasteiger partial charge on any atom is 0.164 e. The highest BCUT2D eigenvalue weighted by Gasteiger charge is 2.47. The third kappa shape index (κ3) is 3.97. The number of sulfone groups is 1. The van der Waals surface area contributed by atoms with E-state index in [0.717, 1.165) is 16.4 Å². The third-order valence-corrected chi connectivity index (χ3v) is 7.87. The Labute approximate surface area is 171 Å². The van der Waals surface area contributed by atoms with Crippen molar-refractivity contribution < 1.29 is 12.8 Å². The Bertz CT molecular complexity index is 1030. The molecule has 2 atom stereocenters. The zero-order valence-electron chi connectivity index (χ0n) is 14.0. The average molecular weight is 445 g/mol. The van der Waals surface area contributed by atoms with Gasteiger partial charge >= 0.3 is 0 Å². The molecule has 2 aromatic carbocycles. The van der Waals surface area contributed by atoms with Gasteiger partial charge in [0.05, 0.1) is 23.6 Å². The number of hydrogen-bond donors (Lipinski definition) is 0. The highest BCUT2D eigenvalue weighted by Crippen LogP contribution is 2.37. The Morgan fingerprint density at radius 2 is 2.00 bits per heavy atom. The number of amidine groups is 1. The lowest BCUT2D eigenvalue weighted by molar-refractivity contribution is 0.601. The summed E-state index contributed by atoms with van der Waals surface area (Å²) in [4.78, 5) is 6.61. The highest BCUT2D eigenvalue weighted by atomic mass is 35.5. The Morgan fingerprint density at radius 1 is 1.19 bits per heavy atom. The number of rotatable bonds is 3. The van der Waals surface area contributed by atoms with E-state index in [9.17, 15) is 12.8 Å². The number of thioether (sulfide) groups is 1. The molecule has 9 heteroatoms. The lowest BCUT2D eigenvalue weighted by Crippen LogP contribution is -2.39. The minimum atomic E-state index is -3.11. The zero-order valence-corrected chi connectivity index (χ0v) is 17.1. The van der Waals surface area contributed by atoms with Crippen molar-refractivity contribution in [3.8, 4) is 0 Å². The molecule has 2 heterocycles. The smallest absolute Gasteiger partial charge is 0.164 e. The van der Waals surface area contributed by atoms with E-state index in [0.29, 0.717) is 15.8 Å². The van der Waals surface area contributed by atoms with Gasteiger partial charge in [0.2, 0.25) is 0 Å². The van der Waals surface area contributed by atoms with Crippen LogP contribution < -0.4 is 4.90 Å². The minimum Gasteiger partial charge on any atom is -0.315 e. The van der Waals surface area contributed by atoms with E-state index in [4.69, 9.17) is 23.2 Å². The molecule has 0 bridgehead atoms. The lowest BCUT2D eigenvalue weighted by Gasteiger charge is -2.26. The molecule has 0 saturated carbocycles. The normalized spacial score (nSPS) is 23.4. The van der Waals surface area contributed by atoms with Crippen LogP contribution in [0.15, 0.2) is 47.5 Å². The van der Waals surface area contributed by atoms with E-state index in [1.54, 1.807) is 18.2 Å². The summed E-state index contributed by atoms with van der Waals surface area (Å²) in [5.74, 6) is 0.235. The Kier molecular flexibility index (Phi) is 5.14. The van der Waals surface area contributed by atoms with Gasteiger partial charge in [0.1, 0.15) is 5.82 Å². The van der Waals surface area contributed by atoms with Crippen LogP contribution in [0.25, 0.3) is 0 Å².